The van der Waals surface area contributed by atoms with E-state index < -0.39 is 17.2 Å². The number of benzene rings is 1. The predicted molar refractivity (Wildman–Crippen MR) is 115 cm³/mol. The molecular weight excluding hydrogens is 396 g/mol. The summed E-state index contributed by atoms with van der Waals surface area (Å²) in [7, 11) is 1.49. The number of carbonyl (C=O) groups is 1. The third kappa shape index (κ3) is 5.16. The molecule has 0 aliphatic carbocycles. The fourth-order valence-corrected chi connectivity index (χ4v) is 3.21. The molecule has 8 nitrogen and oxygen atoms in total. The monoisotopic (exact) mass is 420 g/mol. The maximum Gasteiger partial charge on any atom is 0.330 e. The normalized spacial score (nSPS) is 11.5. The molecule has 0 bridgehead atoms. The standard InChI is InChI=1S/C20H25ClN4O4/c1-4-9-25-18(22)17(19(27)23-20(25)28)24(10-11-29-3)16(26)12-13(2)14-7-5-6-8-15(14)21/h5-8,12H,4,9-11,22H2,1-3H3,(H,23,27,28)/b13-12-. The lowest BCUT2D eigenvalue weighted by molar-refractivity contribution is -0.114. The molecule has 1 aromatic heterocycles. The van der Waals surface area contributed by atoms with Crippen LogP contribution in [0, 0.1) is 0 Å². The van der Waals surface area contributed by atoms with Crippen LogP contribution in [0.25, 0.3) is 5.57 Å². The number of rotatable bonds is 8. The lowest BCUT2D eigenvalue weighted by atomic mass is 10.1. The Kier molecular flexibility index (Phi) is 7.81. The van der Waals surface area contributed by atoms with Crippen molar-refractivity contribution in [3.8, 4) is 0 Å². The second kappa shape index (κ2) is 10.1. The summed E-state index contributed by atoms with van der Waals surface area (Å²) in [6.07, 6.45) is 2.01. The molecule has 0 unspecified atom stereocenters. The zero-order chi connectivity index (χ0) is 21.6. The number of halogens is 1. The Bertz CT molecular complexity index is 1030. The fraction of sp³-hybridized carbons (Fsp3) is 0.350. The van der Waals surface area contributed by atoms with Gasteiger partial charge in [-0.1, -0.05) is 36.7 Å². The van der Waals surface area contributed by atoms with Gasteiger partial charge in [-0.05, 0) is 30.5 Å². The summed E-state index contributed by atoms with van der Waals surface area (Å²) >= 11 is 6.21. The number of anilines is 2. The number of nitrogens with two attached hydrogens (primary N) is 1. The van der Waals surface area contributed by atoms with Gasteiger partial charge in [0.25, 0.3) is 11.5 Å². The zero-order valence-corrected chi connectivity index (χ0v) is 17.5. The van der Waals surface area contributed by atoms with Gasteiger partial charge in [0, 0.05) is 31.3 Å². The van der Waals surface area contributed by atoms with Crippen LogP contribution in [0.2, 0.25) is 5.02 Å². The van der Waals surface area contributed by atoms with Gasteiger partial charge >= 0.3 is 5.69 Å². The molecule has 2 rings (SSSR count). The van der Waals surface area contributed by atoms with E-state index in [1.165, 1.54) is 22.7 Å². The van der Waals surface area contributed by atoms with Gasteiger partial charge in [0.2, 0.25) is 0 Å². The van der Waals surface area contributed by atoms with Crippen molar-refractivity contribution in [3.05, 3.63) is 61.8 Å². The van der Waals surface area contributed by atoms with Gasteiger partial charge < -0.3 is 10.5 Å². The van der Waals surface area contributed by atoms with Crippen LogP contribution in [-0.4, -0.2) is 35.7 Å². The number of aromatic amines is 1. The van der Waals surface area contributed by atoms with Crippen molar-refractivity contribution < 1.29 is 9.53 Å². The van der Waals surface area contributed by atoms with Gasteiger partial charge in [0.1, 0.15) is 5.82 Å². The van der Waals surface area contributed by atoms with E-state index >= 15 is 0 Å². The molecule has 0 aliphatic rings. The van der Waals surface area contributed by atoms with Crippen molar-refractivity contribution in [2.24, 2.45) is 0 Å². The van der Waals surface area contributed by atoms with Crippen molar-refractivity contribution in [1.29, 1.82) is 0 Å². The lowest BCUT2D eigenvalue weighted by Crippen LogP contribution is -2.42. The molecule has 3 N–H and O–H groups in total. The van der Waals surface area contributed by atoms with Crippen LogP contribution in [0.3, 0.4) is 0 Å². The van der Waals surface area contributed by atoms with Gasteiger partial charge in [0.15, 0.2) is 5.69 Å². The highest BCUT2D eigenvalue weighted by Crippen LogP contribution is 2.24. The Labute approximate surface area is 173 Å². The maximum absolute atomic E-state index is 13.1. The average Bonchev–Trinajstić information content (AvgIpc) is 2.67. The number of methoxy groups -OCH3 is 1. The van der Waals surface area contributed by atoms with Gasteiger partial charge in [0.05, 0.1) is 6.61 Å². The molecule has 0 spiro atoms. The number of aromatic nitrogens is 2. The second-order valence-electron chi connectivity index (χ2n) is 6.43. The summed E-state index contributed by atoms with van der Waals surface area (Å²) in [6.45, 7) is 4.20. The number of carbonyl (C=O) groups excluding carboxylic acids is 1. The second-order valence-corrected chi connectivity index (χ2v) is 6.84. The summed E-state index contributed by atoms with van der Waals surface area (Å²) in [5.41, 5.74) is 6.02. The molecule has 1 amide bonds. The van der Waals surface area contributed by atoms with E-state index in [9.17, 15) is 14.4 Å². The van der Waals surface area contributed by atoms with Gasteiger partial charge in [-0.2, -0.15) is 0 Å². The Morgan fingerprint density at radius 2 is 2.03 bits per heavy atom. The van der Waals surface area contributed by atoms with Crippen LogP contribution in [0.4, 0.5) is 11.5 Å². The summed E-state index contributed by atoms with van der Waals surface area (Å²) in [6, 6.07) is 7.13. The number of nitrogens with zero attached hydrogens (tertiary/aromatic N) is 2. The molecule has 2 aromatic rings. The molecule has 0 radical (unpaired) electrons. The molecule has 29 heavy (non-hydrogen) atoms. The highest BCUT2D eigenvalue weighted by atomic mass is 35.5. The molecule has 1 heterocycles. The van der Waals surface area contributed by atoms with E-state index in [1.807, 2.05) is 13.0 Å². The first-order valence-electron chi connectivity index (χ1n) is 9.18. The third-order valence-corrected chi connectivity index (χ3v) is 4.68. The van der Waals surface area contributed by atoms with Crippen LogP contribution >= 0.6 is 11.6 Å². The van der Waals surface area contributed by atoms with Crippen molar-refractivity contribution in [2.75, 3.05) is 30.9 Å². The third-order valence-electron chi connectivity index (χ3n) is 4.35. The zero-order valence-electron chi connectivity index (χ0n) is 16.7. The summed E-state index contributed by atoms with van der Waals surface area (Å²) in [5.74, 6) is -0.535. The Hall–Kier alpha value is -2.84. The van der Waals surface area contributed by atoms with Crippen LogP contribution in [-0.2, 0) is 16.1 Å². The first-order chi connectivity index (χ1) is 13.8. The number of hydrogen-bond donors (Lipinski definition) is 2. The number of H-pyrrole nitrogens is 1. The number of ether oxygens (including phenoxy) is 1. The van der Waals surface area contributed by atoms with E-state index in [1.54, 1.807) is 25.1 Å². The fourth-order valence-electron chi connectivity index (χ4n) is 2.92. The Morgan fingerprint density at radius 3 is 2.66 bits per heavy atom. The Balaban J connectivity index is 2.55. The molecule has 0 saturated heterocycles. The van der Waals surface area contributed by atoms with Gasteiger partial charge in [-0.3, -0.25) is 24.0 Å². The number of allylic oxidation sites excluding steroid dienone is 1. The van der Waals surface area contributed by atoms with Gasteiger partial charge in [-0.25, -0.2) is 4.79 Å². The maximum atomic E-state index is 13.1. The minimum Gasteiger partial charge on any atom is -0.383 e. The van der Waals surface area contributed by atoms with Gasteiger partial charge in [-0.15, -0.1) is 0 Å². The van der Waals surface area contributed by atoms with Crippen LogP contribution < -0.4 is 21.9 Å². The molecule has 9 heteroatoms. The van der Waals surface area contributed by atoms with E-state index in [2.05, 4.69) is 4.98 Å². The number of hydrogen-bond acceptors (Lipinski definition) is 5. The van der Waals surface area contributed by atoms with Crippen LogP contribution in [0.15, 0.2) is 39.9 Å². The summed E-state index contributed by atoms with van der Waals surface area (Å²) in [4.78, 5) is 41.1. The number of nitrogen functional groups attached to an aromatic ring is 1. The number of amides is 1. The van der Waals surface area contributed by atoms with E-state index in [-0.39, 0.29) is 24.7 Å². The molecule has 0 saturated carbocycles. The summed E-state index contributed by atoms with van der Waals surface area (Å²) in [5, 5.41) is 0.506. The molecule has 0 atom stereocenters. The van der Waals surface area contributed by atoms with E-state index in [0.717, 1.165) is 0 Å². The average molecular weight is 421 g/mol. The van der Waals surface area contributed by atoms with E-state index in [4.69, 9.17) is 22.1 Å². The van der Waals surface area contributed by atoms with Crippen molar-refractivity contribution in [3.63, 3.8) is 0 Å². The SMILES string of the molecule is CCCn1c(N)c(N(CCOC)C(=O)/C=C(/C)c2ccccc2Cl)c(=O)[nH]c1=O. The van der Waals surface area contributed by atoms with Crippen LogP contribution in [0.1, 0.15) is 25.8 Å². The first-order valence-corrected chi connectivity index (χ1v) is 9.55. The largest absolute Gasteiger partial charge is 0.383 e. The molecule has 1 aromatic carbocycles. The summed E-state index contributed by atoms with van der Waals surface area (Å²) < 4.78 is 6.32. The molecule has 0 aliphatic heterocycles. The first kappa shape index (κ1) is 22.4. The lowest BCUT2D eigenvalue weighted by Gasteiger charge is -2.23. The van der Waals surface area contributed by atoms with Crippen LogP contribution in [0.5, 0.6) is 0 Å². The van der Waals surface area contributed by atoms with Crippen molar-refractivity contribution in [1.82, 2.24) is 9.55 Å². The quantitative estimate of drug-likeness (QED) is 0.636. The van der Waals surface area contributed by atoms with Crippen molar-refractivity contribution in [2.45, 2.75) is 26.8 Å². The molecule has 156 valence electrons. The molecular formula is C20H25ClN4O4. The van der Waals surface area contributed by atoms with E-state index in [0.29, 0.717) is 29.1 Å². The predicted octanol–water partition coefficient (Wildman–Crippen LogP) is 2.27. The van der Waals surface area contributed by atoms with Crippen molar-refractivity contribution >= 4 is 34.6 Å². The highest BCUT2D eigenvalue weighted by molar-refractivity contribution is 6.32. The number of nitrogens with one attached hydrogen (secondary N) is 1. The topological polar surface area (TPSA) is 110 Å². The minimum absolute atomic E-state index is 0.0613. The highest BCUT2D eigenvalue weighted by Gasteiger charge is 2.23. The molecule has 0 fully saturated rings. The Morgan fingerprint density at radius 1 is 1.34 bits per heavy atom. The minimum atomic E-state index is -0.729. The smallest absolute Gasteiger partial charge is 0.330 e.